The summed E-state index contributed by atoms with van der Waals surface area (Å²) in [6.07, 6.45) is -0.0293. The second-order valence-electron chi connectivity index (χ2n) is 7.42. The maximum Gasteiger partial charge on any atom is 0.328 e. The Labute approximate surface area is 175 Å². The van der Waals surface area contributed by atoms with Crippen LogP contribution in [-0.2, 0) is 19.2 Å². The van der Waals surface area contributed by atoms with E-state index in [2.05, 4.69) is 10.6 Å². The van der Waals surface area contributed by atoms with Gasteiger partial charge in [0.1, 0.15) is 18.1 Å². The molecule has 12 heteroatoms. The minimum absolute atomic E-state index is 0.167. The molecule has 0 aromatic heterocycles. The third-order valence-electron chi connectivity index (χ3n) is 4.46. The molecule has 0 saturated carbocycles. The van der Waals surface area contributed by atoms with Gasteiger partial charge in [-0.15, -0.1) is 0 Å². The van der Waals surface area contributed by atoms with Crippen molar-refractivity contribution in [3.05, 3.63) is 0 Å². The molecule has 5 unspecified atom stereocenters. The fourth-order valence-electron chi connectivity index (χ4n) is 2.44. The van der Waals surface area contributed by atoms with E-state index < -0.39 is 60.6 Å². The number of carboxylic acids is 1. The molecule has 30 heavy (non-hydrogen) atoms. The van der Waals surface area contributed by atoms with Gasteiger partial charge in [-0.3, -0.25) is 14.4 Å². The monoisotopic (exact) mass is 433 g/mol. The average Bonchev–Trinajstić information content (AvgIpc) is 2.67. The lowest BCUT2D eigenvalue weighted by Gasteiger charge is -2.26. The van der Waals surface area contributed by atoms with Crippen LogP contribution in [0.3, 0.4) is 0 Å². The van der Waals surface area contributed by atoms with Crippen molar-refractivity contribution >= 4 is 23.7 Å². The van der Waals surface area contributed by atoms with Crippen LogP contribution in [0, 0.1) is 5.92 Å². The van der Waals surface area contributed by atoms with Crippen LogP contribution in [-0.4, -0.2) is 82.4 Å². The quantitative estimate of drug-likeness (QED) is 0.131. The highest BCUT2D eigenvalue weighted by atomic mass is 16.4. The third kappa shape index (κ3) is 9.48. The molecule has 0 aliphatic carbocycles. The number of amides is 3. The lowest BCUT2D eigenvalue weighted by Crippen LogP contribution is -2.60. The number of carbonyl (C=O) groups is 4. The molecule has 5 atom stereocenters. The van der Waals surface area contributed by atoms with Gasteiger partial charge in [0, 0.05) is 0 Å². The van der Waals surface area contributed by atoms with E-state index in [4.69, 9.17) is 21.7 Å². The van der Waals surface area contributed by atoms with Gasteiger partial charge in [0.2, 0.25) is 17.7 Å². The van der Waals surface area contributed by atoms with Crippen molar-refractivity contribution in [3.8, 4) is 0 Å². The van der Waals surface area contributed by atoms with Crippen LogP contribution in [0.1, 0.15) is 40.0 Å². The van der Waals surface area contributed by atoms with E-state index >= 15 is 0 Å². The fourth-order valence-corrected chi connectivity index (χ4v) is 2.44. The van der Waals surface area contributed by atoms with E-state index in [1.165, 1.54) is 6.92 Å². The van der Waals surface area contributed by atoms with Crippen molar-refractivity contribution in [3.63, 3.8) is 0 Å². The molecule has 12 nitrogen and oxygen atoms in total. The van der Waals surface area contributed by atoms with E-state index in [1.807, 2.05) is 5.32 Å². The summed E-state index contributed by atoms with van der Waals surface area (Å²) in [5.74, 6) is -3.92. The maximum atomic E-state index is 12.7. The highest BCUT2D eigenvalue weighted by Crippen LogP contribution is 2.06. The molecule has 0 fully saturated rings. The van der Waals surface area contributed by atoms with Gasteiger partial charge >= 0.3 is 5.97 Å². The van der Waals surface area contributed by atoms with Crippen LogP contribution in [0.25, 0.3) is 0 Å². The molecule has 0 spiro atoms. The number of aliphatic carboxylic acids is 1. The predicted octanol–water partition coefficient (Wildman–Crippen LogP) is -2.99. The fraction of sp³-hybridized carbons (Fsp3) is 0.778. The predicted molar refractivity (Wildman–Crippen MR) is 108 cm³/mol. The maximum absolute atomic E-state index is 12.7. The summed E-state index contributed by atoms with van der Waals surface area (Å²) in [6.45, 7) is 4.26. The van der Waals surface area contributed by atoms with Crippen molar-refractivity contribution in [2.24, 2.45) is 17.4 Å². The Kier molecular flexibility index (Phi) is 12.8. The van der Waals surface area contributed by atoms with E-state index in [-0.39, 0.29) is 12.3 Å². The van der Waals surface area contributed by atoms with E-state index in [0.717, 1.165) is 0 Å². The Balaban J connectivity index is 5.34. The summed E-state index contributed by atoms with van der Waals surface area (Å²) in [4.78, 5) is 48.3. The first-order valence-corrected chi connectivity index (χ1v) is 9.84. The largest absolute Gasteiger partial charge is 0.480 e. The van der Waals surface area contributed by atoms with Gasteiger partial charge in [-0.25, -0.2) is 4.79 Å². The lowest BCUT2D eigenvalue weighted by molar-refractivity contribution is -0.144. The topological polar surface area (TPSA) is 217 Å². The molecule has 174 valence electrons. The van der Waals surface area contributed by atoms with Crippen molar-refractivity contribution in [1.82, 2.24) is 16.0 Å². The van der Waals surface area contributed by atoms with Gasteiger partial charge in [-0.05, 0) is 38.6 Å². The zero-order valence-corrected chi connectivity index (χ0v) is 17.6. The number of unbranched alkanes of at least 4 members (excludes halogenated alkanes) is 1. The number of nitrogens with two attached hydrogens (primary N) is 2. The van der Waals surface area contributed by atoms with Crippen LogP contribution >= 0.6 is 0 Å². The number of hydrogen-bond donors (Lipinski definition) is 8. The molecule has 0 bridgehead atoms. The molecule has 0 aliphatic heterocycles. The van der Waals surface area contributed by atoms with Crippen LogP contribution in [0.4, 0.5) is 0 Å². The van der Waals surface area contributed by atoms with Gasteiger partial charge in [-0.2, -0.15) is 0 Å². The molecule has 3 amide bonds. The van der Waals surface area contributed by atoms with E-state index in [0.29, 0.717) is 19.4 Å². The first kappa shape index (κ1) is 27.7. The zero-order valence-electron chi connectivity index (χ0n) is 17.6. The number of hydrogen-bond acceptors (Lipinski definition) is 8. The smallest absolute Gasteiger partial charge is 0.328 e. The number of rotatable bonds is 14. The Bertz CT molecular complexity index is 585. The third-order valence-corrected chi connectivity index (χ3v) is 4.46. The molecule has 0 rings (SSSR count). The Morgan fingerprint density at radius 3 is 1.90 bits per heavy atom. The van der Waals surface area contributed by atoms with Gasteiger partial charge in [0.25, 0.3) is 0 Å². The minimum atomic E-state index is -1.60. The van der Waals surface area contributed by atoms with Crippen molar-refractivity contribution in [2.75, 3.05) is 13.2 Å². The second kappa shape index (κ2) is 13.9. The number of nitrogens with one attached hydrogen (secondary N) is 3. The Hall–Kier alpha value is -2.28. The van der Waals surface area contributed by atoms with Crippen LogP contribution in [0.5, 0.6) is 0 Å². The van der Waals surface area contributed by atoms with E-state index in [1.54, 1.807) is 13.8 Å². The number of aliphatic hydroxyl groups excluding tert-OH is 2. The first-order valence-electron chi connectivity index (χ1n) is 9.84. The summed E-state index contributed by atoms with van der Waals surface area (Å²) in [6, 6.07) is -4.97. The summed E-state index contributed by atoms with van der Waals surface area (Å²) in [5, 5.41) is 34.8. The highest BCUT2D eigenvalue weighted by molar-refractivity contribution is 5.94. The molecule has 0 aromatic carbocycles. The zero-order chi connectivity index (χ0) is 23.4. The number of carbonyl (C=O) groups excluding carboxylic acids is 3. The van der Waals surface area contributed by atoms with Crippen molar-refractivity contribution in [1.29, 1.82) is 0 Å². The molecule has 0 heterocycles. The van der Waals surface area contributed by atoms with E-state index in [9.17, 15) is 24.3 Å². The minimum Gasteiger partial charge on any atom is -0.480 e. The summed E-state index contributed by atoms with van der Waals surface area (Å²) in [7, 11) is 0. The van der Waals surface area contributed by atoms with Crippen LogP contribution in [0.2, 0.25) is 0 Å². The first-order chi connectivity index (χ1) is 14.0. The number of aliphatic hydroxyl groups is 2. The molecular formula is C18H35N5O7. The standard InChI is InChI=1S/C18H35N5O7/c1-9(2)13(20)16(27)21-11(6-4-5-7-19)15(26)23-14(10(3)25)17(28)22-12(8-24)18(29)30/h9-14,24-25H,4-8,19-20H2,1-3H3,(H,21,27)(H,22,28)(H,23,26)(H,29,30). The van der Waals surface area contributed by atoms with Gasteiger partial charge in [0.05, 0.1) is 18.8 Å². The van der Waals surface area contributed by atoms with Crippen LogP contribution in [0.15, 0.2) is 0 Å². The molecular weight excluding hydrogens is 398 g/mol. The number of carboxylic acid groups (broad SMARTS) is 1. The van der Waals surface area contributed by atoms with Gasteiger partial charge < -0.3 is 42.7 Å². The average molecular weight is 434 g/mol. The molecule has 0 radical (unpaired) electrons. The molecule has 0 aromatic rings. The normalized spacial score (nSPS) is 16.1. The van der Waals surface area contributed by atoms with Gasteiger partial charge in [0.15, 0.2) is 0 Å². The van der Waals surface area contributed by atoms with Crippen molar-refractivity contribution < 1.29 is 34.5 Å². The molecule has 0 aliphatic rings. The summed E-state index contributed by atoms with van der Waals surface area (Å²) >= 11 is 0. The molecule has 0 saturated heterocycles. The highest BCUT2D eigenvalue weighted by Gasteiger charge is 2.32. The summed E-state index contributed by atoms with van der Waals surface area (Å²) in [5.41, 5.74) is 11.3. The van der Waals surface area contributed by atoms with Crippen molar-refractivity contribution in [2.45, 2.75) is 70.3 Å². The SMILES string of the molecule is CC(C)C(N)C(=O)NC(CCCCN)C(=O)NC(C(=O)NC(CO)C(=O)O)C(C)O. The Morgan fingerprint density at radius 1 is 0.900 bits per heavy atom. The van der Waals surface area contributed by atoms with Crippen LogP contribution < -0.4 is 27.4 Å². The second-order valence-corrected chi connectivity index (χ2v) is 7.42. The Morgan fingerprint density at radius 2 is 1.47 bits per heavy atom. The summed E-state index contributed by atoms with van der Waals surface area (Å²) < 4.78 is 0. The molecule has 10 N–H and O–H groups in total. The van der Waals surface area contributed by atoms with Gasteiger partial charge in [-0.1, -0.05) is 13.8 Å². The lowest BCUT2D eigenvalue weighted by atomic mass is 10.0.